The van der Waals surface area contributed by atoms with Crippen LogP contribution in [0.4, 0.5) is 5.69 Å². The molecule has 0 aliphatic carbocycles. The fourth-order valence-electron chi connectivity index (χ4n) is 2.48. The van der Waals surface area contributed by atoms with Crippen LogP contribution in [0.2, 0.25) is 0 Å². The summed E-state index contributed by atoms with van der Waals surface area (Å²) in [5.74, 6) is -0.344. The van der Waals surface area contributed by atoms with Gasteiger partial charge in [0.15, 0.2) is 5.69 Å². The molecule has 1 aromatic heterocycles. The molecule has 2 N–H and O–H groups in total. The van der Waals surface area contributed by atoms with Crippen molar-refractivity contribution in [2.45, 2.75) is 26.7 Å². The summed E-state index contributed by atoms with van der Waals surface area (Å²) >= 11 is 0. The maximum Gasteiger partial charge on any atom is 0.271 e. The number of hydrogen-bond donors (Lipinski definition) is 2. The maximum absolute atomic E-state index is 12.3. The molecule has 0 unspecified atom stereocenters. The Morgan fingerprint density at radius 1 is 1.36 bits per heavy atom. The molecule has 2 aromatic rings. The van der Waals surface area contributed by atoms with Crippen molar-refractivity contribution in [2.24, 2.45) is 5.41 Å². The Hall–Kier alpha value is -2.74. The first-order valence-corrected chi connectivity index (χ1v) is 8.14. The lowest BCUT2D eigenvalue weighted by atomic mass is 9.83. The van der Waals surface area contributed by atoms with Gasteiger partial charge in [-0.05, 0) is 25.0 Å². The van der Waals surface area contributed by atoms with Gasteiger partial charge in [0.25, 0.3) is 11.6 Å². The second kappa shape index (κ2) is 7.89. The highest BCUT2D eigenvalue weighted by Crippen LogP contribution is 2.24. The van der Waals surface area contributed by atoms with E-state index in [1.165, 1.54) is 16.8 Å². The van der Waals surface area contributed by atoms with Gasteiger partial charge >= 0.3 is 0 Å². The third-order valence-electron chi connectivity index (χ3n) is 4.59. The van der Waals surface area contributed by atoms with Crippen molar-refractivity contribution < 1.29 is 14.8 Å². The molecular formula is C17H22N4O4. The van der Waals surface area contributed by atoms with Crippen LogP contribution in [0, 0.1) is 15.5 Å². The average molecular weight is 346 g/mol. The monoisotopic (exact) mass is 346 g/mol. The van der Waals surface area contributed by atoms with Gasteiger partial charge in [-0.15, -0.1) is 0 Å². The zero-order chi connectivity index (χ0) is 18.4. The molecule has 0 bridgehead atoms. The number of non-ortho nitro benzene ring substituents is 1. The number of hydrogen-bond acceptors (Lipinski definition) is 5. The van der Waals surface area contributed by atoms with Gasteiger partial charge in [0.2, 0.25) is 0 Å². The third-order valence-corrected chi connectivity index (χ3v) is 4.59. The van der Waals surface area contributed by atoms with Gasteiger partial charge < -0.3 is 10.4 Å². The second-order valence-electron chi connectivity index (χ2n) is 5.97. The van der Waals surface area contributed by atoms with Crippen LogP contribution >= 0.6 is 0 Å². The first-order valence-electron chi connectivity index (χ1n) is 8.14. The minimum atomic E-state index is -0.482. The van der Waals surface area contributed by atoms with Crippen LogP contribution in [-0.2, 0) is 0 Å². The Labute approximate surface area is 145 Å². The summed E-state index contributed by atoms with van der Waals surface area (Å²) in [7, 11) is 0. The van der Waals surface area contributed by atoms with Crippen LogP contribution in [0.1, 0.15) is 37.2 Å². The summed E-state index contributed by atoms with van der Waals surface area (Å²) in [6, 6.07) is 7.57. The molecule has 134 valence electrons. The van der Waals surface area contributed by atoms with E-state index in [2.05, 4.69) is 10.4 Å². The Morgan fingerprint density at radius 2 is 2.08 bits per heavy atom. The number of nitrogens with zero attached hydrogens (tertiary/aromatic N) is 3. The van der Waals surface area contributed by atoms with E-state index in [-0.39, 0.29) is 29.3 Å². The number of carbonyl (C=O) groups is 1. The minimum Gasteiger partial charge on any atom is -0.396 e. The van der Waals surface area contributed by atoms with Crippen LogP contribution in [0.15, 0.2) is 36.5 Å². The van der Waals surface area contributed by atoms with Gasteiger partial charge in [0.1, 0.15) is 0 Å². The molecule has 8 nitrogen and oxygen atoms in total. The number of carbonyl (C=O) groups excluding carboxylic acids is 1. The number of nitro benzene ring substituents is 1. The molecule has 0 radical (unpaired) electrons. The first kappa shape index (κ1) is 18.6. The Balaban J connectivity index is 2.11. The topological polar surface area (TPSA) is 110 Å². The second-order valence-corrected chi connectivity index (χ2v) is 5.97. The summed E-state index contributed by atoms with van der Waals surface area (Å²) < 4.78 is 1.42. The van der Waals surface area contributed by atoms with E-state index in [1.54, 1.807) is 24.4 Å². The molecule has 0 atom stereocenters. The van der Waals surface area contributed by atoms with Crippen molar-refractivity contribution >= 4 is 11.6 Å². The summed E-state index contributed by atoms with van der Waals surface area (Å²) in [4.78, 5) is 22.7. The quantitative estimate of drug-likeness (QED) is 0.563. The van der Waals surface area contributed by atoms with E-state index >= 15 is 0 Å². The van der Waals surface area contributed by atoms with Crippen molar-refractivity contribution in [1.82, 2.24) is 15.1 Å². The molecule has 0 aliphatic rings. The lowest BCUT2D eigenvalue weighted by molar-refractivity contribution is -0.384. The first-order chi connectivity index (χ1) is 11.9. The van der Waals surface area contributed by atoms with Gasteiger partial charge in [-0.2, -0.15) is 5.10 Å². The maximum atomic E-state index is 12.3. The number of nitrogens with one attached hydrogen (secondary N) is 1. The number of aromatic nitrogens is 2. The number of rotatable bonds is 8. The van der Waals surface area contributed by atoms with E-state index in [0.29, 0.717) is 12.2 Å². The Kier molecular flexibility index (Phi) is 5.87. The van der Waals surface area contributed by atoms with E-state index in [9.17, 15) is 20.0 Å². The van der Waals surface area contributed by atoms with Gasteiger partial charge in [-0.3, -0.25) is 14.9 Å². The number of nitro groups is 1. The van der Waals surface area contributed by atoms with E-state index < -0.39 is 4.92 Å². The van der Waals surface area contributed by atoms with Crippen LogP contribution in [-0.4, -0.2) is 38.9 Å². The number of aliphatic hydroxyl groups excluding tert-OH is 1. The third kappa shape index (κ3) is 4.21. The minimum absolute atomic E-state index is 0.00238. The number of aliphatic hydroxyl groups is 1. The lowest BCUT2D eigenvalue weighted by Crippen LogP contribution is -2.39. The molecule has 0 fully saturated rings. The van der Waals surface area contributed by atoms with E-state index in [1.807, 2.05) is 13.8 Å². The highest BCUT2D eigenvalue weighted by Gasteiger charge is 2.26. The average Bonchev–Trinajstić information content (AvgIpc) is 3.13. The van der Waals surface area contributed by atoms with Crippen molar-refractivity contribution in [3.05, 3.63) is 52.3 Å². The van der Waals surface area contributed by atoms with Crippen LogP contribution in [0.25, 0.3) is 5.69 Å². The molecule has 25 heavy (non-hydrogen) atoms. The van der Waals surface area contributed by atoms with Gasteiger partial charge in [-0.25, -0.2) is 4.68 Å². The molecule has 2 rings (SSSR count). The van der Waals surface area contributed by atoms with E-state index in [4.69, 9.17) is 0 Å². The number of benzene rings is 1. The molecule has 0 saturated heterocycles. The van der Waals surface area contributed by atoms with Crippen molar-refractivity contribution in [3.8, 4) is 5.69 Å². The Morgan fingerprint density at radius 3 is 2.68 bits per heavy atom. The molecule has 0 saturated carbocycles. The Bertz CT molecular complexity index is 744. The van der Waals surface area contributed by atoms with Crippen LogP contribution in [0.3, 0.4) is 0 Å². The van der Waals surface area contributed by atoms with Gasteiger partial charge in [0, 0.05) is 30.3 Å². The molecule has 8 heteroatoms. The van der Waals surface area contributed by atoms with Crippen molar-refractivity contribution in [2.75, 3.05) is 13.2 Å². The molecular weight excluding hydrogens is 324 g/mol. The van der Waals surface area contributed by atoms with Crippen LogP contribution in [0.5, 0.6) is 0 Å². The SMILES string of the molecule is CCC(CC)(CO)CNC(=O)c1ccn(-c2cccc([N+](=O)[O-])c2)n1. The highest BCUT2D eigenvalue weighted by atomic mass is 16.6. The summed E-state index contributed by atoms with van der Waals surface area (Å²) in [5, 5.41) is 27.4. The van der Waals surface area contributed by atoms with Crippen molar-refractivity contribution in [3.63, 3.8) is 0 Å². The fourth-order valence-corrected chi connectivity index (χ4v) is 2.48. The van der Waals surface area contributed by atoms with Gasteiger partial charge in [-0.1, -0.05) is 19.9 Å². The summed E-state index contributed by atoms with van der Waals surface area (Å²) in [5.41, 5.74) is 0.335. The zero-order valence-corrected chi connectivity index (χ0v) is 14.3. The smallest absolute Gasteiger partial charge is 0.271 e. The lowest BCUT2D eigenvalue weighted by Gasteiger charge is -2.29. The zero-order valence-electron chi connectivity index (χ0n) is 14.3. The molecule has 0 spiro atoms. The molecule has 0 aliphatic heterocycles. The standard InChI is InChI=1S/C17H22N4O4/c1-3-17(4-2,12-22)11-18-16(23)15-8-9-20(19-15)13-6-5-7-14(10-13)21(24)25/h5-10,22H,3-4,11-12H2,1-2H3,(H,18,23). The van der Waals surface area contributed by atoms with Crippen LogP contribution < -0.4 is 5.32 Å². The predicted octanol–water partition coefficient (Wildman–Crippen LogP) is 2.31. The van der Waals surface area contributed by atoms with Gasteiger partial charge in [0.05, 0.1) is 17.2 Å². The molecule has 1 heterocycles. The molecule has 1 amide bonds. The molecule has 1 aromatic carbocycles. The largest absolute Gasteiger partial charge is 0.396 e. The van der Waals surface area contributed by atoms with E-state index in [0.717, 1.165) is 12.8 Å². The highest BCUT2D eigenvalue weighted by molar-refractivity contribution is 5.92. The van der Waals surface area contributed by atoms with Crippen molar-refractivity contribution in [1.29, 1.82) is 0 Å². The number of amides is 1. The summed E-state index contributed by atoms with van der Waals surface area (Å²) in [6.07, 6.45) is 3.08. The fraction of sp³-hybridized carbons (Fsp3) is 0.412. The normalized spacial score (nSPS) is 11.3. The predicted molar refractivity (Wildman–Crippen MR) is 92.7 cm³/mol. The summed E-state index contributed by atoms with van der Waals surface area (Å²) in [6.45, 7) is 4.31.